The van der Waals surface area contributed by atoms with Gasteiger partial charge in [0.2, 0.25) is 11.8 Å². The Balaban J connectivity index is 1.43. The summed E-state index contributed by atoms with van der Waals surface area (Å²) in [5, 5.41) is 2.77. The van der Waals surface area contributed by atoms with Gasteiger partial charge in [0.25, 0.3) is 0 Å². The smallest absolute Gasteiger partial charge is 0.229 e. The minimum atomic E-state index is -0.532. The number of carbonyl (C=O) groups is 2. The Kier molecular flexibility index (Phi) is 6.83. The molecule has 0 aliphatic carbocycles. The SMILES string of the molecule is CCOc1ccccc1N1CC(C(=O)Nc2ccc(N3CC(C)OC(C)C3)c(F)c2)CC1=O. The van der Waals surface area contributed by atoms with Crippen LogP contribution in [0, 0.1) is 11.7 Å². The fourth-order valence-corrected chi connectivity index (χ4v) is 4.53. The van der Waals surface area contributed by atoms with Crippen molar-refractivity contribution in [1.29, 1.82) is 0 Å². The number of ether oxygens (including phenoxy) is 2. The molecule has 176 valence electrons. The number of nitrogens with zero attached hydrogens (tertiary/aromatic N) is 2. The molecule has 2 aliphatic heterocycles. The molecule has 2 aliphatic rings. The van der Waals surface area contributed by atoms with Crippen molar-refractivity contribution in [3.8, 4) is 5.75 Å². The average Bonchev–Trinajstić information content (AvgIpc) is 3.15. The molecule has 33 heavy (non-hydrogen) atoms. The average molecular weight is 456 g/mol. The number of nitrogens with one attached hydrogen (secondary N) is 1. The summed E-state index contributed by atoms with van der Waals surface area (Å²) in [5.41, 5.74) is 1.52. The maximum atomic E-state index is 14.9. The molecule has 3 atom stereocenters. The van der Waals surface area contributed by atoms with Gasteiger partial charge in [0, 0.05) is 31.7 Å². The standard InChI is InChI=1S/C25H30FN3O4/c1-4-32-23-8-6-5-7-22(23)29-15-18(11-24(29)30)25(31)27-19-9-10-21(20(26)12-19)28-13-16(2)33-17(3)14-28/h5-10,12,16-18H,4,11,13-15H2,1-3H3,(H,27,31). The highest BCUT2D eigenvalue weighted by Gasteiger charge is 2.36. The highest BCUT2D eigenvalue weighted by molar-refractivity contribution is 6.04. The normalized spacial score (nSPS) is 23.0. The molecule has 1 N–H and O–H groups in total. The van der Waals surface area contributed by atoms with Gasteiger partial charge in [-0.2, -0.15) is 0 Å². The molecular weight excluding hydrogens is 425 g/mol. The van der Waals surface area contributed by atoms with E-state index in [1.807, 2.05) is 43.9 Å². The van der Waals surface area contributed by atoms with Crippen LogP contribution in [0.2, 0.25) is 0 Å². The van der Waals surface area contributed by atoms with Gasteiger partial charge in [0.05, 0.1) is 36.1 Å². The lowest BCUT2D eigenvalue weighted by molar-refractivity contribution is -0.122. The molecular formula is C25H30FN3O4. The number of carbonyl (C=O) groups excluding carboxylic acids is 2. The first-order chi connectivity index (χ1) is 15.9. The maximum Gasteiger partial charge on any atom is 0.229 e. The number of anilines is 3. The molecule has 0 spiro atoms. The summed E-state index contributed by atoms with van der Waals surface area (Å²) < 4.78 is 26.2. The van der Waals surface area contributed by atoms with Crippen LogP contribution in [-0.4, -0.2) is 50.3 Å². The maximum absolute atomic E-state index is 14.9. The zero-order valence-corrected chi connectivity index (χ0v) is 19.2. The number of amides is 2. The van der Waals surface area contributed by atoms with Crippen molar-refractivity contribution in [2.24, 2.45) is 5.92 Å². The van der Waals surface area contributed by atoms with Gasteiger partial charge in [0.15, 0.2) is 0 Å². The van der Waals surface area contributed by atoms with Crippen LogP contribution in [0.15, 0.2) is 42.5 Å². The largest absolute Gasteiger partial charge is 0.492 e. The Bertz CT molecular complexity index is 1020. The summed E-state index contributed by atoms with van der Waals surface area (Å²) in [6.45, 7) is 7.75. The third kappa shape index (κ3) is 5.11. The van der Waals surface area contributed by atoms with E-state index in [4.69, 9.17) is 9.47 Å². The van der Waals surface area contributed by atoms with Gasteiger partial charge < -0.3 is 24.6 Å². The van der Waals surface area contributed by atoms with E-state index in [2.05, 4.69) is 5.32 Å². The molecule has 0 bridgehead atoms. The number of morpholine rings is 1. The second kappa shape index (κ2) is 9.79. The zero-order valence-electron chi connectivity index (χ0n) is 19.2. The van der Waals surface area contributed by atoms with E-state index in [1.54, 1.807) is 23.1 Å². The highest BCUT2D eigenvalue weighted by atomic mass is 19.1. The lowest BCUT2D eigenvalue weighted by Gasteiger charge is -2.37. The third-order valence-corrected chi connectivity index (χ3v) is 5.93. The molecule has 2 amide bonds. The minimum absolute atomic E-state index is 0.0169. The van der Waals surface area contributed by atoms with Crippen LogP contribution >= 0.6 is 0 Å². The quantitative estimate of drug-likeness (QED) is 0.717. The van der Waals surface area contributed by atoms with E-state index in [0.717, 1.165) is 0 Å². The van der Waals surface area contributed by atoms with Gasteiger partial charge in [-0.3, -0.25) is 9.59 Å². The first-order valence-electron chi connectivity index (χ1n) is 11.4. The van der Waals surface area contributed by atoms with E-state index in [9.17, 15) is 14.0 Å². The van der Waals surface area contributed by atoms with E-state index in [0.29, 0.717) is 42.5 Å². The lowest BCUT2D eigenvalue weighted by Crippen LogP contribution is -2.45. The molecule has 8 heteroatoms. The Morgan fingerprint density at radius 3 is 2.55 bits per heavy atom. The summed E-state index contributed by atoms with van der Waals surface area (Å²) in [4.78, 5) is 29.0. The van der Waals surface area contributed by atoms with Gasteiger partial charge in [-0.05, 0) is 51.1 Å². The summed E-state index contributed by atoms with van der Waals surface area (Å²) >= 11 is 0. The van der Waals surface area contributed by atoms with Gasteiger partial charge in [-0.15, -0.1) is 0 Å². The number of halogens is 1. The fourth-order valence-electron chi connectivity index (χ4n) is 4.53. The van der Waals surface area contributed by atoms with Crippen molar-refractivity contribution < 1.29 is 23.5 Å². The first kappa shape index (κ1) is 23.0. The zero-order chi connectivity index (χ0) is 23.5. The third-order valence-electron chi connectivity index (χ3n) is 5.93. The number of hydrogen-bond acceptors (Lipinski definition) is 5. The number of hydrogen-bond donors (Lipinski definition) is 1. The first-order valence-corrected chi connectivity index (χ1v) is 11.4. The van der Waals surface area contributed by atoms with Crippen molar-refractivity contribution in [3.05, 3.63) is 48.3 Å². The van der Waals surface area contributed by atoms with E-state index < -0.39 is 11.7 Å². The predicted molar refractivity (Wildman–Crippen MR) is 125 cm³/mol. The van der Waals surface area contributed by atoms with Crippen LogP contribution in [0.3, 0.4) is 0 Å². The Hall–Kier alpha value is -3.13. The van der Waals surface area contributed by atoms with Crippen LogP contribution in [0.1, 0.15) is 27.2 Å². The van der Waals surface area contributed by atoms with Gasteiger partial charge in [-0.25, -0.2) is 4.39 Å². The van der Waals surface area contributed by atoms with Gasteiger partial charge in [0.1, 0.15) is 11.6 Å². The predicted octanol–water partition coefficient (Wildman–Crippen LogP) is 3.83. The Morgan fingerprint density at radius 2 is 1.85 bits per heavy atom. The van der Waals surface area contributed by atoms with Crippen molar-refractivity contribution in [3.63, 3.8) is 0 Å². The fraction of sp³-hybridized carbons (Fsp3) is 0.440. The second-order valence-electron chi connectivity index (χ2n) is 8.62. The van der Waals surface area contributed by atoms with Crippen molar-refractivity contribution in [2.75, 3.05) is 41.4 Å². The molecule has 0 radical (unpaired) electrons. The Morgan fingerprint density at radius 1 is 1.12 bits per heavy atom. The summed E-state index contributed by atoms with van der Waals surface area (Å²) in [6, 6.07) is 12.0. The number of benzene rings is 2. The van der Waals surface area contributed by atoms with E-state index in [1.165, 1.54) is 6.07 Å². The summed E-state index contributed by atoms with van der Waals surface area (Å²) in [5.74, 6) is -0.765. The topological polar surface area (TPSA) is 71.1 Å². The monoisotopic (exact) mass is 455 g/mol. The Labute approximate surface area is 193 Å². The van der Waals surface area contributed by atoms with Crippen LogP contribution in [0.4, 0.5) is 21.5 Å². The molecule has 2 fully saturated rings. The lowest BCUT2D eigenvalue weighted by atomic mass is 10.1. The minimum Gasteiger partial charge on any atom is -0.492 e. The highest BCUT2D eigenvalue weighted by Crippen LogP contribution is 2.33. The molecule has 7 nitrogen and oxygen atoms in total. The van der Waals surface area contributed by atoms with Crippen LogP contribution in [0.25, 0.3) is 0 Å². The van der Waals surface area contributed by atoms with Crippen molar-refractivity contribution in [2.45, 2.75) is 39.4 Å². The molecule has 2 heterocycles. The van der Waals surface area contributed by atoms with Crippen LogP contribution in [0.5, 0.6) is 5.75 Å². The van der Waals surface area contributed by atoms with Gasteiger partial charge >= 0.3 is 0 Å². The van der Waals surface area contributed by atoms with Crippen LogP contribution in [-0.2, 0) is 14.3 Å². The number of rotatable bonds is 6. The van der Waals surface area contributed by atoms with Crippen molar-refractivity contribution >= 4 is 28.9 Å². The van der Waals surface area contributed by atoms with Crippen LogP contribution < -0.4 is 19.9 Å². The molecule has 0 aromatic heterocycles. The molecule has 2 saturated heterocycles. The second-order valence-corrected chi connectivity index (χ2v) is 8.62. The molecule has 4 rings (SSSR count). The molecule has 2 aromatic carbocycles. The van der Waals surface area contributed by atoms with Crippen molar-refractivity contribution in [1.82, 2.24) is 0 Å². The van der Waals surface area contributed by atoms with E-state index >= 15 is 0 Å². The summed E-state index contributed by atoms with van der Waals surface area (Å²) in [6.07, 6.45) is 0.127. The molecule has 3 unspecified atom stereocenters. The molecule has 2 aromatic rings. The van der Waals surface area contributed by atoms with E-state index in [-0.39, 0.29) is 37.0 Å². The summed E-state index contributed by atoms with van der Waals surface area (Å²) in [7, 11) is 0. The van der Waals surface area contributed by atoms with Gasteiger partial charge in [-0.1, -0.05) is 12.1 Å². The number of para-hydroxylation sites is 2. The molecule has 0 saturated carbocycles.